The van der Waals surface area contributed by atoms with E-state index in [9.17, 15) is 4.79 Å². The highest BCUT2D eigenvalue weighted by molar-refractivity contribution is 5.98. The number of benzene rings is 2. The van der Waals surface area contributed by atoms with Crippen LogP contribution in [0.4, 0.5) is 22.0 Å². The Morgan fingerprint density at radius 3 is 2.82 bits per heavy atom. The molecule has 0 bridgehead atoms. The lowest BCUT2D eigenvalue weighted by atomic mass is 10.1. The number of nitrogens with one attached hydrogen (secondary N) is 1. The summed E-state index contributed by atoms with van der Waals surface area (Å²) in [5, 5.41) is 4.37. The first kappa shape index (κ1) is 21.6. The molecule has 5 rings (SSSR count). The number of hydrogen-bond acceptors (Lipinski definition) is 5. The fourth-order valence-electron chi connectivity index (χ4n) is 5.00. The number of rotatable bonds is 7. The largest absolute Gasteiger partial charge is 0.340 e. The van der Waals surface area contributed by atoms with Crippen LogP contribution in [0.15, 0.2) is 48.8 Å². The summed E-state index contributed by atoms with van der Waals surface area (Å²) in [6, 6.07) is 15.1. The Hall–Kier alpha value is -3.19. The smallest absolute Gasteiger partial charge is 0.324 e. The monoisotopic (exact) mass is 444 g/mol. The van der Waals surface area contributed by atoms with Crippen LogP contribution in [-0.2, 0) is 6.42 Å². The fourth-order valence-corrected chi connectivity index (χ4v) is 5.00. The lowest BCUT2D eigenvalue weighted by Crippen LogP contribution is -2.35. The SMILES string of the molecule is CCc1cccc(Nc2ncnc3cc(N4CCN(CCC5CCCN5C)C4=O)ccc23)c1. The first-order valence-corrected chi connectivity index (χ1v) is 12.0. The van der Waals surface area contributed by atoms with E-state index in [4.69, 9.17) is 0 Å². The number of anilines is 3. The van der Waals surface area contributed by atoms with Crippen molar-refractivity contribution in [1.29, 1.82) is 0 Å². The quantitative estimate of drug-likeness (QED) is 0.574. The van der Waals surface area contributed by atoms with Crippen LogP contribution in [0.25, 0.3) is 10.9 Å². The normalized spacial score (nSPS) is 19.1. The van der Waals surface area contributed by atoms with Gasteiger partial charge in [0.2, 0.25) is 0 Å². The van der Waals surface area contributed by atoms with Crippen molar-refractivity contribution in [3.05, 3.63) is 54.4 Å². The lowest BCUT2D eigenvalue weighted by Gasteiger charge is -2.23. The van der Waals surface area contributed by atoms with Gasteiger partial charge in [0.25, 0.3) is 0 Å². The fraction of sp³-hybridized carbons (Fsp3) is 0.423. The van der Waals surface area contributed by atoms with Crippen molar-refractivity contribution in [2.75, 3.05) is 43.4 Å². The van der Waals surface area contributed by atoms with E-state index >= 15 is 0 Å². The van der Waals surface area contributed by atoms with Crippen molar-refractivity contribution in [3.8, 4) is 0 Å². The van der Waals surface area contributed by atoms with Gasteiger partial charge in [-0.25, -0.2) is 14.8 Å². The Balaban J connectivity index is 1.31. The second-order valence-corrected chi connectivity index (χ2v) is 9.09. The zero-order valence-corrected chi connectivity index (χ0v) is 19.5. The van der Waals surface area contributed by atoms with E-state index in [-0.39, 0.29) is 6.03 Å². The van der Waals surface area contributed by atoms with Gasteiger partial charge < -0.3 is 15.1 Å². The summed E-state index contributed by atoms with van der Waals surface area (Å²) < 4.78 is 0. The molecule has 3 heterocycles. The van der Waals surface area contributed by atoms with E-state index in [1.54, 1.807) is 6.33 Å². The predicted octanol–water partition coefficient (Wildman–Crippen LogP) is 4.66. The highest BCUT2D eigenvalue weighted by atomic mass is 16.2. The van der Waals surface area contributed by atoms with Crippen LogP contribution < -0.4 is 10.2 Å². The number of aromatic nitrogens is 2. The van der Waals surface area contributed by atoms with Gasteiger partial charge in [-0.2, -0.15) is 0 Å². The van der Waals surface area contributed by atoms with E-state index in [1.807, 2.05) is 34.1 Å². The van der Waals surface area contributed by atoms with Crippen LogP contribution in [0.5, 0.6) is 0 Å². The molecule has 2 aliphatic heterocycles. The number of nitrogens with zero attached hydrogens (tertiary/aromatic N) is 5. The van der Waals surface area contributed by atoms with Gasteiger partial charge in [-0.3, -0.25) is 4.90 Å². The first-order chi connectivity index (χ1) is 16.1. The summed E-state index contributed by atoms with van der Waals surface area (Å²) in [5.41, 5.74) is 4.01. The molecule has 1 aromatic heterocycles. The number of fused-ring (bicyclic) bond motifs is 1. The average Bonchev–Trinajstić information content (AvgIpc) is 3.42. The number of amides is 2. The van der Waals surface area contributed by atoms with Crippen molar-refractivity contribution in [3.63, 3.8) is 0 Å². The van der Waals surface area contributed by atoms with Crippen molar-refractivity contribution >= 4 is 34.1 Å². The highest BCUT2D eigenvalue weighted by Gasteiger charge is 2.31. The molecule has 33 heavy (non-hydrogen) atoms. The summed E-state index contributed by atoms with van der Waals surface area (Å²) in [4.78, 5) is 28.3. The molecule has 0 radical (unpaired) electrons. The third-order valence-corrected chi connectivity index (χ3v) is 7.03. The van der Waals surface area contributed by atoms with Crippen LogP contribution in [0.1, 0.15) is 31.7 Å². The molecule has 2 amide bonds. The summed E-state index contributed by atoms with van der Waals surface area (Å²) >= 11 is 0. The predicted molar refractivity (Wildman–Crippen MR) is 133 cm³/mol. The summed E-state index contributed by atoms with van der Waals surface area (Å²) in [6.45, 7) is 5.63. The van der Waals surface area contributed by atoms with Crippen LogP contribution in [0, 0.1) is 0 Å². The number of likely N-dealkylation sites (tertiary alicyclic amines) is 1. The molecule has 1 N–H and O–H groups in total. The molecule has 7 heteroatoms. The Morgan fingerprint density at radius 2 is 2.00 bits per heavy atom. The van der Waals surface area contributed by atoms with Gasteiger partial charge in [0.05, 0.1) is 5.52 Å². The zero-order chi connectivity index (χ0) is 22.8. The van der Waals surface area contributed by atoms with Crippen LogP contribution >= 0.6 is 0 Å². The van der Waals surface area contributed by atoms with Gasteiger partial charge in [-0.05, 0) is 75.2 Å². The van der Waals surface area contributed by atoms with Crippen molar-refractivity contribution < 1.29 is 4.79 Å². The molecule has 0 saturated carbocycles. The minimum atomic E-state index is 0.0961. The number of urea groups is 1. The molecule has 1 unspecified atom stereocenters. The minimum absolute atomic E-state index is 0.0961. The van der Waals surface area contributed by atoms with E-state index in [2.05, 4.69) is 52.4 Å². The van der Waals surface area contributed by atoms with Gasteiger partial charge in [0.15, 0.2) is 0 Å². The molecule has 7 nitrogen and oxygen atoms in total. The number of aryl methyl sites for hydroxylation is 1. The second kappa shape index (κ2) is 9.35. The molecule has 2 aliphatic rings. The Bertz CT molecular complexity index is 1150. The zero-order valence-electron chi connectivity index (χ0n) is 19.5. The molecule has 0 aliphatic carbocycles. The standard InChI is InChI=1S/C26H32N6O/c1-3-19-6-4-7-20(16-19)29-25-23-10-9-22(17-24(23)27-18-28-25)32-15-14-31(26(32)33)13-11-21-8-5-12-30(21)2/h4,6-7,9-10,16-18,21H,3,5,8,11-15H2,1-2H3,(H,27,28,29). The third kappa shape index (κ3) is 4.50. The third-order valence-electron chi connectivity index (χ3n) is 7.03. The molecule has 2 saturated heterocycles. The molecule has 0 spiro atoms. The summed E-state index contributed by atoms with van der Waals surface area (Å²) in [7, 11) is 2.19. The molecular weight excluding hydrogens is 412 g/mol. The number of carbonyl (C=O) groups excluding carboxylic acids is 1. The molecule has 1 atom stereocenters. The second-order valence-electron chi connectivity index (χ2n) is 9.09. The topological polar surface area (TPSA) is 64.6 Å². The lowest BCUT2D eigenvalue weighted by molar-refractivity contribution is 0.211. The number of hydrogen-bond donors (Lipinski definition) is 1. The van der Waals surface area contributed by atoms with Gasteiger partial charge in [0.1, 0.15) is 12.1 Å². The average molecular weight is 445 g/mol. The molecule has 172 valence electrons. The Labute approximate surface area is 195 Å². The maximum Gasteiger partial charge on any atom is 0.324 e. The molecule has 2 fully saturated rings. The minimum Gasteiger partial charge on any atom is -0.340 e. The maximum atomic E-state index is 13.1. The highest BCUT2D eigenvalue weighted by Crippen LogP contribution is 2.29. The van der Waals surface area contributed by atoms with E-state index in [0.29, 0.717) is 12.6 Å². The Kier molecular flexibility index (Phi) is 6.13. The van der Waals surface area contributed by atoms with Crippen molar-refractivity contribution in [2.45, 2.75) is 38.6 Å². The van der Waals surface area contributed by atoms with Crippen LogP contribution in [0.2, 0.25) is 0 Å². The van der Waals surface area contributed by atoms with Crippen molar-refractivity contribution in [1.82, 2.24) is 19.8 Å². The van der Waals surface area contributed by atoms with Gasteiger partial charge in [-0.15, -0.1) is 0 Å². The van der Waals surface area contributed by atoms with E-state index in [1.165, 1.54) is 24.9 Å². The maximum absolute atomic E-state index is 13.1. The van der Waals surface area contributed by atoms with E-state index in [0.717, 1.165) is 54.0 Å². The molecule has 3 aromatic rings. The van der Waals surface area contributed by atoms with Gasteiger partial charge in [0, 0.05) is 42.4 Å². The Morgan fingerprint density at radius 1 is 1.09 bits per heavy atom. The summed E-state index contributed by atoms with van der Waals surface area (Å²) in [5.74, 6) is 0.773. The van der Waals surface area contributed by atoms with Crippen LogP contribution in [-0.4, -0.2) is 65.1 Å². The van der Waals surface area contributed by atoms with Gasteiger partial charge >= 0.3 is 6.03 Å². The first-order valence-electron chi connectivity index (χ1n) is 12.0. The van der Waals surface area contributed by atoms with Gasteiger partial charge in [-0.1, -0.05) is 19.1 Å². The van der Waals surface area contributed by atoms with E-state index < -0.39 is 0 Å². The molecule has 2 aromatic carbocycles. The van der Waals surface area contributed by atoms with Crippen molar-refractivity contribution in [2.24, 2.45) is 0 Å². The number of carbonyl (C=O) groups is 1. The molecular formula is C26H32N6O. The summed E-state index contributed by atoms with van der Waals surface area (Å²) in [6.07, 6.45) is 6.12. The van der Waals surface area contributed by atoms with Crippen LogP contribution in [0.3, 0.4) is 0 Å².